The fourth-order valence-corrected chi connectivity index (χ4v) is 1.95. The molecule has 2 rings (SSSR count). The Morgan fingerprint density at radius 2 is 1.91 bits per heavy atom. The van der Waals surface area contributed by atoms with Crippen LogP contribution in [0.3, 0.4) is 0 Å². The van der Waals surface area contributed by atoms with Gasteiger partial charge in [0.1, 0.15) is 11.4 Å². The lowest BCUT2D eigenvalue weighted by molar-refractivity contribution is -0.137. The lowest BCUT2D eigenvalue weighted by atomic mass is 10.1. The second-order valence-corrected chi connectivity index (χ2v) is 4.53. The fourth-order valence-electron chi connectivity index (χ4n) is 1.95. The van der Waals surface area contributed by atoms with Crippen LogP contribution in [0.2, 0.25) is 0 Å². The predicted octanol–water partition coefficient (Wildman–Crippen LogP) is 3.32. The smallest absolute Gasteiger partial charge is 0.388 e. The van der Waals surface area contributed by atoms with Crippen molar-refractivity contribution in [1.82, 2.24) is 9.97 Å². The van der Waals surface area contributed by atoms with Gasteiger partial charge in [-0.3, -0.25) is 0 Å². The molecule has 2 aromatic rings. The minimum absolute atomic E-state index is 0.0343. The molecule has 0 aliphatic heterocycles. The van der Waals surface area contributed by atoms with E-state index in [1.807, 2.05) is 0 Å². The third kappa shape index (κ3) is 3.68. The van der Waals surface area contributed by atoms with Crippen molar-refractivity contribution in [2.75, 3.05) is 30.0 Å². The van der Waals surface area contributed by atoms with E-state index in [0.717, 1.165) is 6.20 Å². The van der Waals surface area contributed by atoms with Crippen LogP contribution in [0.1, 0.15) is 11.1 Å². The summed E-state index contributed by atoms with van der Waals surface area (Å²) in [6.07, 6.45) is -2.60. The normalized spacial score (nSPS) is 11.0. The van der Waals surface area contributed by atoms with Gasteiger partial charge < -0.3 is 21.4 Å². The third-order valence-corrected chi connectivity index (χ3v) is 3.07. The highest BCUT2D eigenvalue weighted by molar-refractivity contribution is 5.87. The summed E-state index contributed by atoms with van der Waals surface area (Å²) in [5.74, 6) is -0.271. The Bertz CT molecular complexity index is 714. The van der Waals surface area contributed by atoms with Crippen molar-refractivity contribution in [2.24, 2.45) is 0 Å². The number of nitrogens with one attached hydrogen (secondary N) is 4. The standard InChI is InChI=1S/C14H15F3N6/c1-19-11-5-9(4-3-8(11)6-18)22-13-21-7-10(14(15,16)17)12(20-2)23-13/h3-7,18-19H,1-2H3,(H2,20,21,22,23). The van der Waals surface area contributed by atoms with E-state index in [1.165, 1.54) is 13.3 Å². The SMILES string of the molecule is CNc1cc(Nc2ncc(C(F)(F)F)c(NC)n2)ccc1C=N. The molecular formula is C14H15F3N6. The Kier molecular flexibility index (Phi) is 4.68. The molecule has 0 fully saturated rings. The molecular weight excluding hydrogens is 309 g/mol. The van der Waals surface area contributed by atoms with Crippen molar-refractivity contribution in [3.63, 3.8) is 0 Å². The van der Waals surface area contributed by atoms with Gasteiger partial charge in [-0.15, -0.1) is 0 Å². The molecule has 0 saturated heterocycles. The molecule has 0 unspecified atom stereocenters. The van der Waals surface area contributed by atoms with Crippen molar-refractivity contribution in [2.45, 2.75) is 6.18 Å². The van der Waals surface area contributed by atoms with E-state index in [-0.39, 0.29) is 11.8 Å². The highest BCUT2D eigenvalue weighted by atomic mass is 19.4. The molecule has 6 nitrogen and oxygen atoms in total. The van der Waals surface area contributed by atoms with Crippen LogP contribution in [0.4, 0.5) is 36.3 Å². The zero-order valence-corrected chi connectivity index (χ0v) is 12.4. The first-order valence-electron chi connectivity index (χ1n) is 6.60. The van der Waals surface area contributed by atoms with Crippen LogP contribution in [0.15, 0.2) is 24.4 Å². The van der Waals surface area contributed by atoms with E-state index in [1.54, 1.807) is 25.2 Å². The lowest BCUT2D eigenvalue weighted by Crippen LogP contribution is -2.12. The summed E-state index contributed by atoms with van der Waals surface area (Å²) in [5.41, 5.74) is 1.04. The average molecular weight is 324 g/mol. The molecule has 0 aliphatic carbocycles. The molecule has 1 aromatic heterocycles. The van der Waals surface area contributed by atoms with Crippen LogP contribution < -0.4 is 16.0 Å². The molecule has 4 N–H and O–H groups in total. The second-order valence-electron chi connectivity index (χ2n) is 4.53. The van der Waals surface area contributed by atoms with Gasteiger partial charge in [0, 0.05) is 43.4 Å². The van der Waals surface area contributed by atoms with Crippen molar-refractivity contribution >= 4 is 29.4 Å². The Hall–Kier alpha value is -2.84. The Labute approximate surface area is 130 Å². The van der Waals surface area contributed by atoms with E-state index < -0.39 is 11.7 Å². The Morgan fingerprint density at radius 3 is 2.48 bits per heavy atom. The van der Waals surface area contributed by atoms with Gasteiger partial charge in [-0.2, -0.15) is 18.2 Å². The topological polar surface area (TPSA) is 85.7 Å². The lowest BCUT2D eigenvalue weighted by Gasteiger charge is -2.13. The van der Waals surface area contributed by atoms with Gasteiger partial charge >= 0.3 is 6.18 Å². The van der Waals surface area contributed by atoms with Gasteiger partial charge in [-0.1, -0.05) is 0 Å². The predicted molar refractivity (Wildman–Crippen MR) is 83.7 cm³/mol. The summed E-state index contributed by atoms with van der Waals surface area (Å²) in [5, 5.41) is 15.5. The van der Waals surface area contributed by atoms with Gasteiger partial charge in [0.2, 0.25) is 5.95 Å². The largest absolute Gasteiger partial charge is 0.421 e. The van der Waals surface area contributed by atoms with E-state index >= 15 is 0 Å². The van der Waals surface area contributed by atoms with Crippen molar-refractivity contribution in [1.29, 1.82) is 5.41 Å². The summed E-state index contributed by atoms with van der Waals surface area (Å²) in [7, 11) is 3.07. The fraction of sp³-hybridized carbons (Fsp3) is 0.214. The van der Waals surface area contributed by atoms with Crippen molar-refractivity contribution in [3.8, 4) is 0 Å². The minimum atomic E-state index is -4.53. The summed E-state index contributed by atoms with van der Waals surface area (Å²) in [4.78, 5) is 7.53. The summed E-state index contributed by atoms with van der Waals surface area (Å²) < 4.78 is 38.4. The minimum Gasteiger partial charge on any atom is -0.388 e. The molecule has 122 valence electrons. The molecule has 9 heteroatoms. The Morgan fingerprint density at radius 1 is 1.17 bits per heavy atom. The number of aromatic nitrogens is 2. The van der Waals surface area contributed by atoms with Gasteiger partial charge in [0.25, 0.3) is 0 Å². The zero-order valence-electron chi connectivity index (χ0n) is 12.4. The van der Waals surface area contributed by atoms with Gasteiger partial charge in [-0.05, 0) is 18.2 Å². The first-order valence-corrected chi connectivity index (χ1v) is 6.60. The maximum Gasteiger partial charge on any atom is 0.421 e. The number of rotatable bonds is 5. The van der Waals surface area contributed by atoms with E-state index in [0.29, 0.717) is 16.9 Å². The highest BCUT2D eigenvalue weighted by Crippen LogP contribution is 2.33. The highest BCUT2D eigenvalue weighted by Gasteiger charge is 2.35. The number of halogens is 3. The first-order chi connectivity index (χ1) is 10.9. The van der Waals surface area contributed by atoms with E-state index in [2.05, 4.69) is 25.9 Å². The van der Waals surface area contributed by atoms with Crippen LogP contribution in [0.5, 0.6) is 0 Å². The molecule has 0 saturated carbocycles. The van der Waals surface area contributed by atoms with E-state index in [9.17, 15) is 13.2 Å². The van der Waals surface area contributed by atoms with Crippen LogP contribution in [-0.2, 0) is 6.18 Å². The van der Waals surface area contributed by atoms with Crippen LogP contribution in [0.25, 0.3) is 0 Å². The van der Waals surface area contributed by atoms with Crippen LogP contribution in [0, 0.1) is 5.41 Å². The second kappa shape index (κ2) is 6.51. The number of hydrogen-bond acceptors (Lipinski definition) is 6. The number of nitrogens with zero attached hydrogens (tertiary/aromatic N) is 2. The number of alkyl halides is 3. The molecule has 1 aromatic carbocycles. The Balaban J connectivity index is 2.32. The molecule has 0 spiro atoms. The maximum atomic E-state index is 12.8. The molecule has 0 aliphatic rings. The zero-order chi connectivity index (χ0) is 17.0. The van der Waals surface area contributed by atoms with Crippen molar-refractivity contribution < 1.29 is 13.2 Å². The van der Waals surface area contributed by atoms with E-state index in [4.69, 9.17) is 5.41 Å². The molecule has 0 bridgehead atoms. The number of anilines is 4. The number of hydrogen-bond donors (Lipinski definition) is 4. The molecule has 0 radical (unpaired) electrons. The number of benzene rings is 1. The van der Waals surface area contributed by atoms with Crippen LogP contribution in [-0.4, -0.2) is 30.3 Å². The molecule has 0 atom stereocenters. The van der Waals surface area contributed by atoms with Gasteiger partial charge in [0.15, 0.2) is 0 Å². The summed E-state index contributed by atoms with van der Waals surface area (Å²) in [6.45, 7) is 0. The quantitative estimate of drug-likeness (QED) is 0.634. The van der Waals surface area contributed by atoms with Crippen LogP contribution >= 0.6 is 0 Å². The summed E-state index contributed by atoms with van der Waals surface area (Å²) >= 11 is 0. The third-order valence-electron chi connectivity index (χ3n) is 3.07. The summed E-state index contributed by atoms with van der Waals surface area (Å²) in [6, 6.07) is 5.09. The average Bonchev–Trinajstić information content (AvgIpc) is 2.53. The van der Waals surface area contributed by atoms with Gasteiger partial charge in [0.05, 0.1) is 0 Å². The van der Waals surface area contributed by atoms with Gasteiger partial charge in [-0.25, -0.2) is 4.98 Å². The monoisotopic (exact) mass is 324 g/mol. The molecule has 23 heavy (non-hydrogen) atoms. The van der Waals surface area contributed by atoms with Crippen molar-refractivity contribution in [3.05, 3.63) is 35.5 Å². The molecule has 1 heterocycles. The maximum absolute atomic E-state index is 12.8. The molecule has 0 amide bonds. The first kappa shape index (κ1) is 16.5.